The predicted octanol–water partition coefficient (Wildman–Crippen LogP) is -0.356. The molecule has 2 aliphatic rings. The smallest absolute Gasteiger partial charge is 0.222 e. The molecule has 2 fully saturated rings. The van der Waals surface area contributed by atoms with E-state index in [9.17, 15) is 8.42 Å². The number of aromatic nitrogens is 2. The molecule has 8 nitrogen and oxygen atoms in total. The van der Waals surface area contributed by atoms with Crippen LogP contribution in [0.2, 0.25) is 0 Å². The number of hydrogen-bond donors (Lipinski definition) is 1. The molecule has 0 radical (unpaired) electrons. The molecule has 1 aromatic rings. The van der Waals surface area contributed by atoms with E-state index in [2.05, 4.69) is 14.9 Å². The van der Waals surface area contributed by atoms with E-state index in [0.717, 1.165) is 24.5 Å². The average Bonchev–Trinajstić information content (AvgIpc) is 3.00. The Morgan fingerprint density at radius 1 is 1.27 bits per heavy atom. The maximum atomic E-state index is 11.6. The van der Waals surface area contributed by atoms with Crippen LogP contribution in [0.3, 0.4) is 0 Å². The molecule has 0 spiro atoms. The Kier molecular flexibility index (Phi) is 4.20. The number of hydrogen-bond acceptors (Lipinski definition) is 7. The van der Waals surface area contributed by atoms with Gasteiger partial charge in [-0.15, -0.1) is 0 Å². The molecule has 1 atom stereocenters. The van der Waals surface area contributed by atoms with E-state index in [-0.39, 0.29) is 11.9 Å². The quantitative estimate of drug-likeness (QED) is 0.809. The summed E-state index contributed by atoms with van der Waals surface area (Å²) in [4.78, 5) is 10.7. The second kappa shape index (κ2) is 5.98. The van der Waals surface area contributed by atoms with E-state index in [1.807, 2.05) is 6.07 Å². The summed E-state index contributed by atoms with van der Waals surface area (Å²) < 4.78 is 30.0. The molecule has 3 rings (SSSR count). The first-order valence-electron chi connectivity index (χ1n) is 7.36. The largest absolute Gasteiger partial charge is 0.381 e. The van der Waals surface area contributed by atoms with Crippen LogP contribution in [0, 0.1) is 0 Å². The van der Waals surface area contributed by atoms with Gasteiger partial charge in [0.05, 0.1) is 18.6 Å². The van der Waals surface area contributed by atoms with Crippen LogP contribution in [0.1, 0.15) is 18.0 Å². The van der Waals surface area contributed by atoms with Crippen LogP contribution in [-0.4, -0.2) is 68.3 Å². The lowest BCUT2D eigenvalue weighted by atomic mass is 10.0. The SMILES string of the molecule is CS(=O)(=O)N1CCN(c2cc(C3CCOC3)nc(N)n2)CC1. The number of nitrogen functional groups attached to an aromatic ring is 1. The topological polar surface area (TPSA) is 102 Å². The number of nitrogens with zero attached hydrogens (tertiary/aromatic N) is 4. The fourth-order valence-electron chi connectivity index (χ4n) is 2.86. The molecule has 1 aromatic heterocycles. The van der Waals surface area contributed by atoms with Gasteiger partial charge in [-0.2, -0.15) is 9.29 Å². The lowest BCUT2D eigenvalue weighted by Gasteiger charge is -2.34. The maximum Gasteiger partial charge on any atom is 0.222 e. The molecule has 0 bridgehead atoms. The van der Waals surface area contributed by atoms with Gasteiger partial charge in [0.2, 0.25) is 16.0 Å². The summed E-state index contributed by atoms with van der Waals surface area (Å²) in [7, 11) is -3.13. The molecule has 122 valence electrons. The maximum absolute atomic E-state index is 11.6. The highest BCUT2D eigenvalue weighted by Crippen LogP contribution is 2.27. The van der Waals surface area contributed by atoms with E-state index < -0.39 is 10.0 Å². The molecule has 3 heterocycles. The lowest BCUT2D eigenvalue weighted by molar-refractivity contribution is 0.193. The molecule has 9 heteroatoms. The van der Waals surface area contributed by atoms with E-state index in [4.69, 9.17) is 10.5 Å². The monoisotopic (exact) mass is 327 g/mol. The van der Waals surface area contributed by atoms with E-state index >= 15 is 0 Å². The normalized spacial score (nSPS) is 23.9. The Morgan fingerprint density at radius 2 is 2.00 bits per heavy atom. The molecule has 22 heavy (non-hydrogen) atoms. The molecule has 0 amide bonds. The third-order valence-electron chi connectivity index (χ3n) is 4.13. The summed E-state index contributed by atoms with van der Waals surface area (Å²) in [6, 6.07) is 1.95. The van der Waals surface area contributed by atoms with E-state index in [1.165, 1.54) is 10.6 Å². The zero-order valence-corrected chi connectivity index (χ0v) is 13.4. The molecular formula is C13H21N5O3S. The van der Waals surface area contributed by atoms with Crippen molar-refractivity contribution in [2.75, 3.05) is 56.3 Å². The van der Waals surface area contributed by atoms with Gasteiger partial charge in [-0.25, -0.2) is 13.4 Å². The van der Waals surface area contributed by atoms with Crippen molar-refractivity contribution in [2.24, 2.45) is 0 Å². The Labute approximate surface area is 130 Å². The van der Waals surface area contributed by atoms with Gasteiger partial charge >= 0.3 is 0 Å². The zero-order valence-electron chi connectivity index (χ0n) is 12.6. The number of piperazine rings is 1. The lowest BCUT2D eigenvalue weighted by Crippen LogP contribution is -2.48. The average molecular weight is 327 g/mol. The van der Waals surface area contributed by atoms with Crippen molar-refractivity contribution in [3.8, 4) is 0 Å². The zero-order chi connectivity index (χ0) is 15.7. The third kappa shape index (κ3) is 3.31. The van der Waals surface area contributed by atoms with Gasteiger partial charge in [0.1, 0.15) is 5.82 Å². The summed E-state index contributed by atoms with van der Waals surface area (Å²) in [6.45, 7) is 3.54. The van der Waals surface area contributed by atoms with Gasteiger partial charge in [-0.1, -0.05) is 0 Å². The Hall–Kier alpha value is -1.45. The number of sulfonamides is 1. The van der Waals surface area contributed by atoms with Crippen LogP contribution in [0.5, 0.6) is 0 Å². The summed E-state index contributed by atoms with van der Waals surface area (Å²) in [5.41, 5.74) is 6.74. The predicted molar refractivity (Wildman–Crippen MR) is 83.3 cm³/mol. The van der Waals surface area contributed by atoms with Crippen LogP contribution in [-0.2, 0) is 14.8 Å². The first-order chi connectivity index (χ1) is 10.4. The molecule has 1 unspecified atom stereocenters. The second-order valence-corrected chi connectivity index (χ2v) is 7.70. The highest BCUT2D eigenvalue weighted by Gasteiger charge is 2.26. The van der Waals surface area contributed by atoms with Crippen molar-refractivity contribution in [1.29, 1.82) is 0 Å². The molecule has 0 saturated carbocycles. The van der Waals surface area contributed by atoms with Crippen molar-refractivity contribution in [3.63, 3.8) is 0 Å². The van der Waals surface area contributed by atoms with Gasteiger partial charge in [0.25, 0.3) is 0 Å². The summed E-state index contributed by atoms with van der Waals surface area (Å²) in [5, 5.41) is 0. The molecular weight excluding hydrogens is 306 g/mol. The second-order valence-electron chi connectivity index (χ2n) is 5.72. The van der Waals surface area contributed by atoms with Crippen molar-refractivity contribution >= 4 is 21.8 Å². The first kappa shape index (κ1) is 15.4. The van der Waals surface area contributed by atoms with Crippen molar-refractivity contribution in [1.82, 2.24) is 14.3 Å². The Morgan fingerprint density at radius 3 is 2.59 bits per heavy atom. The highest BCUT2D eigenvalue weighted by atomic mass is 32.2. The number of ether oxygens (including phenoxy) is 1. The van der Waals surface area contributed by atoms with Gasteiger partial charge in [-0.05, 0) is 6.42 Å². The minimum Gasteiger partial charge on any atom is -0.381 e. The fourth-order valence-corrected chi connectivity index (χ4v) is 3.69. The molecule has 2 aliphatic heterocycles. The molecule has 0 aromatic carbocycles. The van der Waals surface area contributed by atoms with E-state index in [1.54, 1.807) is 0 Å². The Bertz CT molecular complexity index is 637. The van der Waals surface area contributed by atoms with Gasteiger partial charge < -0.3 is 15.4 Å². The number of nitrogens with two attached hydrogens (primary N) is 1. The van der Waals surface area contributed by atoms with Gasteiger partial charge in [-0.3, -0.25) is 0 Å². The number of anilines is 2. The van der Waals surface area contributed by atoms with Gasteiger partial charge in [0.15, 0.2) is 0 Å². The summed E-state index contributed by atoms with van der Waals surface area (Å²) >= 11 is 0. The summed E-state index contributed by atoms with van der Waals surface area (Å²) in [5.74, 6) is 1.29. The van der Waals surface area contributed by atoms with Crippen molar-refractivity contribution in [3.05, 3.63) is 11.8 Å². The highest BCUT2D eigenvalue weighted by molar-refractivity contribution is 7.88. The summed E-state index contributed by atoms with van der Waals surface area (Å²) in [6.07, 6.45) is 2.18. The molecule has 0 aliphatic carbocycles. The number of rotatable bonds is 3. The third-order valence-corrected chi connectivity index (χ3v) is 5.43. The van der Waals surface area contributed by atoms with Crippen LogP contribution < -0.4 is 10.6 Å². The Balaban J connectivity index is 1.75. The van der Waals surface area contributed by atoms with Crippen LogP contribution in [0.25, 0.3) is 0 Å². The van der Waals surface area contributed by atoms with Gasteiger partial charge in [0, 0.05) is 44.8 Å². The minimum absolute atomic E-state index is 0.255. The van der Waals surface area contributed by atoms with Crippen LogP contribution in [0.4, 0.5) is 11.8 Å². The van der Waals surface area contributed by atoms with Crippen LogP contribution in [0.15, 0.2) is 6.07 Å². The van der Waals surface area contributed by atoms with Crippen molar-refractivity contribution < 1.29 is 13.2 Å². The van der Waals surface area contributed by atoms with Crippen molar-refractivity contribution in [2.45, 2.75) is 12.3 Å². The standard InChI is InChI=1S/C13H21N5O3S/c1-22(19,20)18-5-3-17(4-6-18)12-8-11(15-13(14)16-12)10-2-7-21-9-10/h8,10H,2-7,9H2,1H3,(H2,14,15,16). The molecule has 2 saturated heterocycles. The minimum atomic E-state index is -3.13. The first-order valence-corrected chi connectivity index (χ1v) is 9.20. The molecule has 2 N–H and O–H groups in total. The fraction of sp³-hybridized carbons (Fsp3) is 0.692. The van der Waals surface area contributed by atoms with Crippen LogP contribution >= 0.6 is 0 Å². The van der Waals surface area contributed by atoms with E-state index in [0.29, 0.717) is 32.8 Å².